The highest BCUT2D eigenvalue weighted by molar-refractivity contribution is 6.39. The van der Waals surface area contributed by atoms with E-state index in [0.717, 1.165) is 5.69 Å². The summed E-state index contributed by atoms with van der Waals surface area (Å²) in [6, 6.07) is 6.90. The molecule has 0 aliphatic rings. The molecule has 0 atom stereocenters. The molecule has 0 fully saturated rings. The van der Waals surface area contributed by atoms with Gasteiger partial charge >= 0.3 is 11.8 Å². The van der Waals surface area contributed by atoms with Gasteiger partial charge in [-0.1, -0.05) is 6.07 Å². The molecule has 0 unspecified atom stereocenters. The maximum Gasteiger partial charge on any atom is 0.313 e. The number of methoxy groups -OCH3 is 1. The monoisotopic (exact) mass is 300 g/mol. The Balaban J connectivity index is 1.94. The third kappa shape index (κ3) is 4.02. The first-order valence-electron chi connectivity index (χ1n) is 6.60. The van der Waals surface area contributed by atoms with Gasteiger partial charge in [-0.25, -0.2) is 4.98 Å². The minimum atomic E-state index is -0.757. The summed E-state index contributed by atoms with van der Waals surface area (Å²) in [4.78, 5) is 31.6. The topological polar surface area (TPSA) is 93.2 Å². The van der Waals surface area contributed by atoms with Crippen molar-refractivity contribution in [2.75, 3.05) is 12.4 Å². The van der Waals surface area contributed by atoms with Crippen LogP contribution in [0.1, 0.15) is 11.3 Å². The molecule has 0 saturated carbocycles. The standard InChI is InChI=1S/C15H16N4O3/c1-10-5-6-11(15(18-10)22-2)8-17-13(20)14(21)19-12-4-3-7-16-9-12/h3-7,9H,8H2,1-2H3,(H,17,20)(H,19,21). The molecule has 2 aromatic heterocycles. The summed E-state index contributed by atoms with van der Waals surface area (Å²) >= 11 is 0. The van der Waals surface area contributed by atoms with E-state index < -0.39 is 11.8 Å². The molecule has 0 aliphatic heterocycles. The Hall–Kier alpha value is -2.96. The van der Waals surface area contributed by atoms with E-state index in [-0.39, 0.29) is 6.54 Å². The van der Waals surface area contributed by atoms with Crippen LogP contribution in [0, 0.1) is 6.92 Å². The maximum atomic E-state index is 11.8. The predicted octanol–water partition coefficient (Wildman–Crippen LogP) is 1.05. The van der Waals surface area contributed by atoms with E-state index in [9.17, 15) is 9.59 Å². The quantitative estimate of drug-likeness (QED) is 0.823. The van der Waals surface area contributed by atoms with Gasteiger partial charge in [0.25, 0.3) is 0 Å². The largest absolute Gasteiger partial charge is 0.481 e. The number of carbonyl (C=O) groups excluding carboxylic acids is 2. The molecule has 7 heteroatoms. The molecule has 7 nitrogen and oxygen atoms in total. The molecule has 2 aromatic rings. The van der Waals surface area contributed by atoms with Crippen molar-refractivity contribution in [3.63, 3.8) is 0 Å². The number of rotatable bonds is 4. The van der Waals surface area contributed by atoms with Gasteiger partial charge in [-0.15, -0.1) is 0 Å². The minimum Gasteiger partial charge on any atom is -0.481 e. The Kier molecular flexibility index (Phi) is 5.02. The van der Waals surface area contributed by atoms with Gasteiger partial charge in [0.2, 0.25) is 5.88 Å². The third-order valence-electron chi connectivity index (χ3n) is 2.84. The maximum absolute atomic E-state index is 11.8. The summed E-state index contributed by atoms with van der Waals surface area (Å²) in [7, 11) is 1.50. The van der Waals surface area contributed by atoms with Gasteiger partial charge in [0.1, 0.15) is 0 Å². The van der Waals surface area contributed by atoms with Gasteiger partial charge in [0.05, 0.1) is 19.0 Å². The van der Waals surface area contributed by atoms with Crippen LogP contribution in [0.25, 0.3) is 0 Å². The molecule has 2 rings (SSSR count). The summed E-state index contributed by atoms with van der Waals surface area (Å²) < 4.78 is 5.14. The van der Waals surface area contributed by atoms with Gasteiger partial charge in [-0.2, -0.15) is 0 Å². The average molecular weight is 300 g/mol. The summed E-state index contributed by atoms with van der Waals surface area (Å²) in [5.41, 5.74) is 1.95. The van der Waals surface area contributed by atoms with E-state index in [1.165, 1.54) is 13.3 Å². The summed E-state index contributed by atoms with van der Waals surface area (Å²) in [5.74, 6) is -1.08. The predicted molar refractivity (Wildman–Crippen MR) is 80.2 cm³/mol. The van der Waals surface area contributed by atoms with E-state index in [1.54, 1.807) is 30.5 Å². The Bertz CT molecular complexity index is 674. The number of aromatic nitrogens is 2. The number of amides is 2. The Labute approximate surface area is 127 Å². The lowest BCUT2D eigenvalue weighted by molar-refractivity contribution is -0.136. The van der Waals surface area contributed by atoms with Crippen LogP contribution in [-0.4, -0.2) is 28.9 Å². The van der Waals surface area contributed by atoms with Crippen molar-refractivity contribution >= 4 is 17.5 Å². The number of nitrogens with one attached hydrogen (secondary N) is 2. The normalized spacial score (nSPS) is 9.91. The van der Waals surface area contributed by atoms with E-state index in [1.807, 2.05) is 6.92 Å². The lowest BCUT2D eigenvalue weighted by atomic mass is 10.2. The highest BCUT2D eigenvalue weighted by Gasteiger charge is 2.14. The second-order valence-corrected chi connectivity index (χ2v) is 4.50. The van der Waals surface area contributed by atoms with Crippen molar-refractivity contribution in [3.05, 3.63) is 47.9 Å². The third-order valence-corrected chi connectivity index (χ3v) is 2.84. The Morgan fingerprint density at radius 3 is 2.73 bits per heavy atom. The van der Waals surface area contributed by atoms with E-state index in [2.05, 4.69) is 20.6 Å². The fourth-order valence-electron chi connectivity index (χ4n) is 1.75. The van der Waals surface area contributed by atoms with E-state index in [4.69, 9.17) is 4.74 Å². The summed E-state index contributed by atoms with van der Waals surface area (Å²) in [6.45, 7) is 1.99. The van der Waals surface area contributed by atoms with Gasteiger partial charge < -0.3 is 15.4 Å². The molecule has 114 valence electrons. The number of hydrogen-bond donors (Lipinski definition) is 2. The van der Waals surface area contributed by atoms with Crippen LogP contribution in [0.5, 0.6) is 5.88 Å². The smallest absolute Gasteiger partial charge is 0.313 e. The minimum absolute atomic E-state index is 0.149. The van der Waals surface area contributed by atoms with Crippen molar-refractivity contribution < 1.29 is 14.3 Å². The van der Waals surface area contributed by atoms with Gasteiger partial charge in [-0.05, 0) is 25.1 Å². The Morgan fingerprint density at radius 1 is 1.23 bits per heavy atom. The molecule has 2 N–H and O–H groups in total. The van der Waals surface area contributed by atoms with Crippen molar-refractivity contribution in [1.29, 1.82) is 0 Å². The molecular formula is C15H16N4O3. The molecule has 2 amide bonds. The lowest BCUT2D eigenvalue weighted by Gasteiger charge is -2.09. The first-order valence-corrected chi connectivity index (χ1v) is 6.60. The number of aryl methyl sites for hydroxylation is 1. The molecule has 2 heterocycles. The second kappa shape index (κ2) is 7.16. The van der Waals surface area contributed by atoms with Crippen LogP contribution in [0.15, 0.2) is 36.7 Å². The molecule has 0 aliphatic carbocycles. The average Bonchev–Trinajstić information content (AvgIpc) is 2.54. The fourth-order valence-corrected chi connectivity index (χ4v) is 1.75. The zero-order valence-corrected chi connectivity index (χ0v) is 12.3. The number of carbonyl (C=O) groups is 2. The van der Waals surface area contributed by atoms with Crippen LogP contribution in [0.3, 0.4) is 0 Å². The number of pyridine rings is 2. The lowest BCUT2D eigenvalue weighted by Crippen LogP contribution is -2.35. The van der Waals surface area contributed by atoms with Crippen LogP contribution < -0.4 is 15.4 Å². The van der Waals surface area contributed by atoms with E-state index >= 15 is 0 Å². The number of hydrogen-bond acceptors (Lipinski definition) is 5. The van der Waals surface area contributed by atoms with Crippen molar-refractivity contribution in [1.82, 2.24) is 15.3 Å². The zero-order valence-electron chi connectivity index (χ0n) is 12.3. The summed E-state index contributed by atoms with van der Waals surface area (Å²) in [6.07, 6.45) is 3.03. The SMILES string of the molecule is COc1nc(C)ccc1CNC(=O)C(=O)Nc1cccnc1. The summed E-state index contributed by atoms with van der Waals surface area (Å²) in [5, 5.41) is 4.98. The van der Waals surface area contributed by atoms with Crippen LogP contribution in [0.2, 0.25) is 0 Å². The molecule has 0 saturated heterocycles. The molecule has 0 radical (unpaired) electrons. The fraction of sp³-hybridized carbons (Fsp3) is 0.200. The highest BCUT2D eigenvalue weighted by atomic mass is 16.5. The zero-order chi connectivity index (χ0) is 15.9. The first-order chi connectivity index (χ1) is 10.6. The van der Waals surface area contributed by atoms with Gasteiger partial charge in [0, 0.05) is 24.0 Å². The molecule has 22 heavy (non-hydrogen) atoms. The van der Waals surface area contributed by atoms with Crippen LogP contribution in [0.4, 0.5) is 5.69 Å². The van der Waals surface area contributed by atoms with Gasteiger partial charge in [0.15, 0.2) is 0 Å². The van der Waals surface area contributed by atoms with Crippen molar-refractivity contribution in [3.8, 4) is 5.88 Å². The van der Waals surface area contributed by atoms with Crippen molar-refractivity contribution in [2.24, 2.45) is 0 Å². The number of ether oxygens (including phenoxy) is 1. The van der Waals surface area contributed by atoms with E-state index in [0.29, 0.717) is 17.1 Å². The van der Waals surface area contributed by atoms with Gasteiger partial charge in [-0.3, -0.25) is 14.6 Å². The second-order valence-electron chi connectivity index (χ2n) is 4.50. The highest BCUT2D eigenvalue weighted by Crippen LogP contribution is 2.15. The number of nitrogens with zero attached hydrogens (tertiary/aromatic N) is 2. The molecular weight excluding hydrogens is 284 g/mol. The molecule has 0 spiro atoms. The van der Waals surface area contributed by atoms with Crippen molar-refractivity contribution in [2.45, 2.75) is 13.5 Å². The number of anilines is 1. The Morgan fingerprint density at radius 2 is 2.05 bits per heavy atom. The van der Waals surface area contributed by atoms with Crippen LogP contribution in [-0.2, 0) is 16.1 Å². The molecule has 0 aromatic carbocycles. The first kappa shape index (κ1) is 15.4. The molecule has 0 bridgehead atoms. The van der Waals surface area contributed by atoms with Crippen LogP contribution >= 0.6 is 0 Å².